The highest BCUT2D eigenvalue weighted by atomic mass is 15.2. The van der Waals surface area contributed by atoms with E-state index in [0.717, 1.165) is 123 Å². The van der Waals surface area contributed by atoms with Crippen molar-refractivity contribution in [3.63, 3.8) is 0 Å². The molecule has 8 aromatic carbocycles. The first-order valence-electron chi connectivity index (χ1n) is 23.7. The van der Waals surface area contributed by atoms with Gasteiger partial charge in [0.05, 0.1) is 45.5 Å². The van der Waals surface area contributed by atoms with Crippen LogP contribution in [0.3, 0.4) is 0 Å². The van der Waals surface area contributed by atoms with Crippen LogP contribution < -0.4 is 19.6 Å². The van der Waals surface area contributed by atoms with Crippen LogP contribution in [-0.2, 0) is 0 Å². The van der Waals surface area contributed by atoms with E-state index in [9.17, 15) is 0 Å². The van der Waals surface area contributed by atoms with Crippen LogP contribution in [0.25, 0.3) is 32.3 Å². The molecule has 0 aliphatic heterocycles. The minimum Gasteiger partial charge on any atom is -0.294 e. The molecule has 0 saturated heterocycles. The summed E-state index contributed by atoms with van der Waals surface area (Å²) in [5, 5.41) is 6.13. The Balaban J connectivity index is 1.31. The van der Waals surface area contributed by atoms with Gasteiger partial charge in [-0.3, -0.25) is 19.6 Å². The van der Waals surface area contributed by atoms with Crippen molar-refractivity contribution in [2.45, 2.75) is 27.7 Å². The SMILES string of the molecule is Cc1ccccc1N(c1ccncn1)c1cc(N(c2ccncn2)c2ccccc2C)c2ccc3c(N(c4ccncn4)c4ccccc4C)cc(N(c4ccncn4)c4ccccc4C)c4ccc1c2c43. The fraction of sp³-hybridized carbons (Fsp3) is 0.0667. The van der Waals surface area contributed by atoms with E-state index in [2.05, 4.69) is 201 Å². The first-order chi connectivity index (χ1) is 35.4. The molecule has 0 fully saturated rings. The molecule has 4 heterocycles. The number of benzene rings is 8. The molecule has 0 radical (unpaired) electrons. The van der Waals surface area contributed by atoms with Crippen LogP contribution >= 0.6 is 0 Å². The van der Waals surface area contributed by atoms with E-state index < -0.39 is 0 Å². The van der Waals surface area contributed by atoms with Crippen LogP contribution in [-0.4, -0.2) is 39.9 Å². The Labute approximate surface area is 416 Å². The van der Waals surface area contributed by atoms with Crippen LogP contribution in [0.2, 0.25) is 0 Å². The van der Waals surface area contributed by atoms with Crippen molar-refractivity contribution in [3.05, 3.63) is 230 Å². The number of hydrogen-bond donors (Lipinski definition) is 0. The van der Waals surface area contributed by atoms with Crippen molar-refractivity contribution in [1.82, 2.24) is 39.9 Å². The molecule has 12 rings (SSSR count). The maximum absolute atomic E-state index is 4.96. The van der Waals surface area contributed by atoms with Crippen molar-refractivity contribution in [1.29, 1.82) is 0 Å². The predicted octanol–water partition coefficient (Wildman–Crippen LogP) is 14.9. The molecule has 0 aliphatic carbocycles. The molecular weight excluding hydrogens is 889 g/mol. The first-order valence-corrected chi connectivity index (χ1v) is 23.7. The molecule has 0 atom stereocenters. The predicted molar refractivity (Wildman–Crippen MR) is 290 cm³/mol. The largest absolute Gasteiger partial charge is 0.294 e. The maximum atomic E-state index is 4.96. The summed E-state index contributed by atoms with van der Waals surface area (Å²) in [4.78, 5) is 46.4. The second-order valence-corrected chi connectivity index (χ2v) is 17.7. The molecular formula is C60H46N12. The van der Waals surface area contributed by atoms with Gasteiger partial charge >= 0.3 is 0 Å². The lowest BCUT2D eigenvalue weighted by Crippen LogP contribution is -2.18. The summed E-state index contributed by atoms with van der Waals surface area (Å²) in [7, 11) is 0. The Morgan fingerprint density at radius 1 is 0.264 bits per heavy atom. The van der Waals surface area contributed by atoms with Crippen molar-refractivity contribution in [2.24, 2.45) is 0 Å². The number of aryl methyl sites for hydroxylation is 4. The normalized spacial score (nSPS) is 11.3. The molecule has 12 heteroatoms. The average molecular weight is 935 g/mol. The van der Waals surface area contributed by atoms with Crippen LogP contribution in [0.1, 0.15) is 22.3 Å². The van der Waals surface area contributed by atoms with Gasteiger partial charge in [0.15, 0.2) is 0 Å². The maximum Gasteiger partial charge on any atom is 0.140 e. The number of para-hydroxylation sites is 4. The monoisotopic (exact) mass is 934 g/mol. The summed E-state index contributed by atoms with van der Waals surface area (Å²) >= 11 is 0. The Morgan fingerprint density at radius 2 is 0.500 bits per heavy atom. The lowest BCUT2D eigenvalue weighted by atomic mass is 9.89. The lowest BCUT2D eigenvalue weighted by Gasteiger charge is -2.34. The molecule has 0 aliphatic rings. The van der Waals surface area contributed by atoms with Crippen molar-refractivity contribution < 1.29 is 0 Å². The molecule has 12 aromatic rings. The van der Waals surface area contributed by atoms with Gasteiger partial charge in [-0.25, -0.2) is 39.9 Å². The standard InChI is InChI=1S/C60H46N12/c1-39-13-5-9-17-47(39)69(55-25-29-61-35-65-55)51-33-52(70(56-26-30-62-36-66-56)48-18-10-6-14-40(48)2)44-23-24-46-54(72(58-28-32-64-38-68-58)50-20-12-8-16-42(50)4)34-53(45-22-21-43(51)59(44)60(45)46)71(57-27-31-63-37-67-57)49-19-11-7-15-41(49)3/h5-38H,1-4H3. The van der Waals surface area contributed by atoms with Gasteiger partial charge in [-0.2, -0.15) is 0 Å². The van der Waals surface area contributed by atoms with Crippen molar-refractivity contribution in [2.75, 3.05) is 19.6 Å². The Kier molecular flexibility index (Phi) is 11.1. The second-order valence-electron chi connectivity index (χ2n) is 17.7. The fourth-order valence-electron chi connectivity index (χ4n) is 10.1. The molecule has 4 aromatic heterocycles. The summed E-state index contributed by atoms with van der Waals surface area (Å²) < 4.78 is 0. The lowest BCUT2D eigenvalue weighted by molar-refractivity contribution is 1.10. The van der Waals surface area contributed by atoms with E-state index in [4.69, 9.17) is 19.9 Å². The zero-order valence-electron chi connectivity index (χ0n) is 40.0. The molecule has 0 N–H and O–H groups in total. The zero-order chi connectivity index (χ0) is 48.7. The van der Waals surface area contributed by atoms with Crippen LogP contribution in [0.4, 0.5) is 68.8 Å². The van der Waals surface area contributed by atoms with Crippen molar-refractivity contribution in [3.8, 4) is 0 Å². The number of hydrogen-bond acceptors (Lipinski definition) is 12. The highest BCUT2D eigenvalue weighted by Gasteiger charge is 2.31. The van der Waals surface area contributed by atoms with Gasteiger partial charge in [0.25, 0.3) is 0 Å². The van der Waals surface area contributed by atoms with E-state index in [1.807, 2.05) is 24.3 Å². The Hall–Kier alpha value is -9.68. The summed E-state index contributed by atoms with van der Waals surface area (Å²) in [5.41, 5.74) is 11.9. The highest BCUT2D eigenvalue weighted by Crippen LogP contribution is 2.55. The Morgan fingerprint density at radius 3 is 0.708 bits per heavy atom. The summed E-state index contributed by atoms with van der Waals surface area (Å²) in [6.45, 7) is 8.56. The van der Waals surface area contributed by atoms with Crippen LogP contribution in [0.15, 0.2) is 208 Å². The number of rotatable bonds is 12. The van der Waals surface area contributed by atoms with E-state index in [-0.39, 0.29) is 0 Å². The van der Waals surface area contributed by atoms with Crippen LogP contribution in [0.5, 0.6) is 0 Å². The molecule has 0 bridgehead atoms. The topological polar surface area (TPSA) is 116 Å². The quantitative estimate of drug-likeness (QED) is 0.109. The van der Waals surface area contributed by atoms with E-state index in [0.29, 0.717) is 0 Å². The van der Waals surface area contributed by atoms with Crippen molar-refractivity contribution >= 4 is 101 Å². The minimum absolute atomic E-state index is 0.718. The van der Waals surface area contributed by atoms with Gasteiger partial charge in [0.1, 0.15) is 48.6 Å². The van der Waals surface area contributed by atoms with Gasteiger partial charge in [-0.05, 0) is 111 Å². The van der Waals surface area contributed by atoms with Gasteiger partial charge in [0, 0.05) is 57.1 Å². The number of anilines is 12. The molecule has 0 amide bonds. The fourth-order valence-corrected chi connectivity index (χ4v) is 10.1. The van der Waals surface area contributed by atoms with E-state index in [1.165, 1.54) is 0 Å². The van der Waals surface area contributed by atoms with Gasteiger partial charge in [-0.1, -0.05) is 97.1 Å². The minimum atomic E-state index is 0.718. The average Bonchev–Trinajstić information content (AvgIpc) is 3.42. The third-order valence-corrected chi connectivity index (χ3v) is 13.4. The second kappa shape index (κ2) is 18.3. The molecule has 72 heavy (non-hydrogen) atoms. The summed E-state index contributed by atoms with van der Waals surface area (Å²) in [6, 6.07) is 55.2. The zero-order valence-corrected chi connectivity index (χ0v) is 40.0. The summed E-state index contributed by atoms with van der Waals surface area (Å²) in [5.74, 6) is 2.87. The highest BCUT2D eigenvalue weighted by molar-refractivity contribution is 6.33. The molecule has 0 unspecified atom stereocenters. The van der Waals surface area contributed by atoms with E-state index in [1.54, 1.807) is 50.1 Å². The van der Waals surface area contributed by atoms with Gasteiger partial charge < -0.3 is 0 Å². The molecule has 346 valence electrons. The third-order valence-electron chi connectivity index (χ3n) is 13.4. The molecule has 0 saturated carbocycles. The molecule has 12 nitrogen and oxygen atoms in total. The van der Waals surface area contributed by atoms with Gasteiger partial charge in [0.2, 0.25) is 0 Å². The number of nitrogens with zero attached hydrogens (tertiary/aromatic N) is 12. The smallest absolute Gasteiger partial charge is 0.140 e. The van der Waals surface area contributed by atoms with Crippen LogP contribution in [0, 0.1) is 27.7 Å². The number of aromatic nitrogens is 8. The Bertz CT molecular complexity index is 3390. The van der Waals surface area contributed by atoms with E-state index >= 15 is 0 Å². The molecule has 0 spiro atoms. The third kappa shape index (κ3) is 7.49. The van der Waals surface area contributed by atoms with Gasteiger partial charge in [-0.15, -0.1) is 0 Å². The first kappa shape index (κ1) is 43.6. The summed E-state index contributed by atoms with van der Waals surface area (Å²) in [6.07, 6.45) is 13.6.